The summed E-state index contributed by atoms with van der Waals surface area (Å²) in [6, 6.07) is 0. The van der Waals surface area contributed by atoms with Gasteiger partial charge in [-0.1, -0.05) is 0 Å². The van der Waals surface area contributed by atoms with Gasteiger partial charge in [-0.05, 0) is 26.6 Å². The molecule has 46 valence electrons. The van der Waals surface area contributed by atoms with Gasteiger partial charge >= 0.3 is 0 Å². The Hall–Kier alpha value is -0.580. The summed E-state index contributed by atoms with van der Waals surface area (Å²) >= 11 is 4.41. The average molecular weight is 205 g/mol. The molecule has 0 aliphatic rings. The molecule has 0 N–H and O–H groups in total. The second kappa shape index (κ2) is 2.82. The average Bonchev–Trinajstić information content (AvgIpc) is 2.17. The molecule has 1 rings (SSSR count). The molecule has 6 heteroatoms. The van der Waals surface area contributed by atoms with Crippen LogP contribution in [0.2, 0.25) is 0 Å². The zero-order valence-corrected chi connectivity index (χ0v) is 6.55. The van der Waals surface area contributed by atoms with E-state index in [0.29, 0.717) is 9.73 Å². The number of nitrogens with zero attached hydrogens (tertiary/aromatic N) is 4. The lowest BCUT2D eigenvalue weighted by Gasteiger charge is -1.71. The van der Waals surface area contributed by atoms with Crippen LogP contribution in [0.15, 0.2) is 15.1 Å². The number of halogens is 1. The first kappa shape index (κ1) is 6.54. The van der Waals surface area contributed by atoms with E-state index in [2.05, 4.69) is 30.9 Å². The molecule has 1 heterocycles. The van der Waals surface area contributed by atoms with Crippen molar-refractivity contribution in [2.24, 2.45) is 5.11 Å². The summed E-state index contributed by atoms with van der Waals surface area (Å²) in [5.41, 5.74) is 7.94. The lowest BCUT2D eigenvalue weighted by molar-refractivity contribution is 1.30. The third kappa shape index (κ3) is 1.67. The highest BCUT2D eigenvalue weighted by Gasteiger charge is 1.92. The van der Waals surface area contributed by atoms with Crippen LogP contribution in [-0.2, 0) is 0 Å². The van der Waals surface area contributed by atoms with Crippen LogP contribution in [0.1, 0.15) is 0 Å². The molecule has 1 aromatic heterocycles. The monoisotopic (exact) mass is 204 g/mol. The Labute approximate surface area is 63.3 Å². The van der Waals surface area contributed by atoms with Crippen LogP contribution in [0.3, 0.4) is 0 Å². The standard InChI is InChI=1S/C3HBrN4S/c4-2-1-9-3(6-2)7-8-5/h1H. The molecule has 0 fully saturated rings. The predicted octanol–water partition coefficient (Wildman–Crippen LogP) is 2.85. The van der Waals surface area contributed by atoms with Gasteiger partial charge in [0.15, 0.2) is 5.13 Å². The Morgan fingerprint density at radius 2 is 2.67 bits per heavy atom. The van der Waals surface area contributed by atoms with Crippen molar-refractivity contribution in [3.8, 4) is 0 Å². The summed E-state index contributed by atoms with van der Waals surface area (Å²) < 4.78 is 0.704. The smallest absolute Gasteiger partial charge is 0.181 e. The molecule has 0 aliphatic carbocycles. The van der Waals surface area contributed by atoms with Crippen molar-refractivity contribution in [1.82, 2.24) is 4.98 Å². The molecule has 0 radical (unpaired) electrons. The van der Waals surface area contributed by atoms with E-state index < -0.39 is 0 Å². The van der Waals surface area contributed by atoms with Gasteiger partial charge in [0.2, 0.25) is 0 Å². The molecule has 1 aromatic rings. The number of thiazole rings is 1. The third-order valence-corrected chi connectivity index (χ3v) is 2.03. The fourth-order valence-electron chi connectivity index (χ4n) is 0.330. The van der Waals surface area contributed by atoms with Crippen molar-refractivity contribution in [1.29, 1.82) is 0 Å². The first-order valence-electron chi connectivity index (χ1n) is 1.99. The lowest BCUT2D eigenvalue weighted by Crippen LogP contribution is -1.56. The molecular weight excluding hydrogens is 204 g/mol. The highest BCUT2D eigenvalue weighted by atomic mass is 79.9. The maximum absolute atomic E-state index is 7.94. The minimum Gasteiger partial charge on any atom is -0.228 e. The van der Waals surface area contributed by atoms with Gasteiger partial charge < -0.3 is 0 Å². The van der Waals surface area contributed by atoms with E-state index in [9.17, 15) is 0 Å². The highest BCUT2D eigenvalue weighted by Crippen LogP contribution is 2.21. The van der Waals surface area contributed by atoms with Crippen LogP contribution in [-0.4, -0.2) is 4.98 Å². The fourth-order valence-corrected chi connectivity index (χ4v) is 1.39. The van der Waals surface area contributed by atoms with Gasteiger partial charge in [-0.25, -0.2) is 4.98 Å². The second-order valence-electron chi connectivity index (χ2n) is 1.14. The summed E-state index contributed by atoms with van der Waals surface area (Å²) in [6.45, 7) is 0. The second-order valence-corrected chi connectivity index (χ2v) is 2.79. The first-order chi connectivity index (χ1) is 4.33. The van der Waals surface area contributed by atoms with E-state index in [1.165, 1.54) is 11.3 Å². The normalized spacial score (nSPS) is 8.56. The Kier molecular flexibility index (Phi) is 2.05. The predicted molar refractivity (Wildman–Crippen MR) is 38.6 cm³/mol. The van der Waals surface area contributed by atoms with E-state index in [0.717, 1.165) is 0 Å². The molecule has 0 saturated carbocycles. The Morgan fingerprint density at radius 1 is 1.89 bits per heavy atom. The van der Waals surface area contributed by atoms with Crippen LogP contribution in [0.5, 0.6) is 0 Å². The topological polar surface area (TPSA) is 61.7 Å². The van der Waals surface area contributed by atoms with E-state index in [1.807, 2.05) is 0 Å². The molecule has 0 aromatic carbocycles. The van der Waals surface area contributed by atoms with Gasteiger partial charge in [-0.15, -0.1) is 11.3 Å². The third-order valence-electron chi connectivity index (χ3n) is 0.594. The van der Waals surface area contributed by atoms with Gasteiger partial charge in [0.05, 0.1) is 0 Å². The van der Waals surface area contributed by atoms with Gasteiger partial charge in [0.1, 0.15) is 4.60 Å². The summed E-state index contributed by atoms with van der Waals surface area (Å²) in [6.07, 6.45) is 0. The van der Waals surface area contributed by atoms with Crippen molar-refractivity contribution >= 4 is 32.4 Å². The number of aromatic nitrogens is 1. The maximum Gasteiger partial charge on any atom is 0.181 e. The van der Waals surface area contributed by atoms with E-state index in [4.69, 9.17) is 5.53 Å². The largest absolute Gasteiger partial charge is 0.228 e. The highest BCUT2D eigenvalue weighted by molar-refractivity contribution is 9.10. The lowest BCUT2D eigenvalue weighted by atomic mass is 11.0. The Bertz CT molecular complexity index is 250. The van der Waals surface area contributed by atoms with Crippen molar-refractivity contribution in [2.45, 2.75) is 0 Å². The zero-order valence-electron chi connectivity index (χ0n) is 4.15. The Morgan fingerprint density at radius 3 is 3.11 bits per heavy atom. The molecule has 0 atom stereocenters. The molecule has 0 aliphatic heterocycles. The summed E-state index contributed by atoms with van der Waals surface area (Å²) in [5.74, 6) is 0. The number of rotatable bonds is 1. The van der Waals surface area contributed by atoms with Crippen molar-refractivity contribution in [3.05, 3.63) is 20.4 Å². The number of azide groups is 1. The molecule has 0 unspecified atom stereocenters. The number of hydrogen-bond acceptors (Lipinski definition) is 3. The van der Waals surface area contributed by atoms with Crippen molar-refractivity contribution in [2.75, 3.05) is 0 Å². The van der Waals surface area contributed by atoms with Gasteiger partial charge in [0, 0.05) is 10.3 Å². The van der Waals surface area contributed by atoms with Gasteiger partial charge in [-0.3, -0.25) is 0 Å². The van der Waals surface area contributed by atoms with Crippen molar-refractivity contribution in [3.63, 3.8) is 0 Å². The summed E-state index contributed by atoms with van der Waals surface area (Å²) in [7, 11) is 0. The van der Waals surface area contributed by atoms with Crippen LogP contribution in [0.25, 0.3) is 10.4 Å². The summed E-state index contributed by atoms with van der Waals surface area (Å²) in [4.78, 5) is 6.39. The quantitative estimate of drug-likeness (QED) is 0.395. The van der Waals surface area contributed by atoms with Crippen LogP contribution < -0.4 is 0 Å². The zero-order chi connectivity index (χ0) is 6.69. The molecule has 4 nitrogen and oxygen atoms in total. The minimum atomic E-state index is 0.435. The number of hydrogen-bond donors (Lipinski definition) is 0. The first-order valence-corrected chi connectivity index (χ1v) is 3.66. The minimum absolute atomic E-state index is 0.435. The molecule has 0 saturated heterocycles. The van der Waals surface area contributed by atoms with E-state index >= 15 is 0 Å². The van der Waals surface area contributed by atoms with E-state index in [1.54, 1.807) is 5.38 Å². The fraction of sp³-hybridized carbons (Fsp3) is 0. The van der Waals surface area contributed by atoms with Crippen LogP contribution in [0, 0.1) is 0 Å². The maximum atomic E-state index is 7.94. The molecule has 0 bridgehead atoms. The van der Waals surface area contributed by atoms with Crippen LogP contribution >= 0.6 is 27.3 Å². The van der Waals surface area contributed by atoms with Crippen LogP contribution in [0.4, 0.5) is 5.13 Å². The van der Waals surface area contributed by atoms with Gasteiger partial charge in [0.25, 0.3) is 0 Å². The molecular formula is C3HBrN4S. The van der Waals surface area contributed by atoms with Gasteiger partial charge in [-0.2, -0.15) is 0 Å². The Balaban J connectivity index is 2.97. The van der Waals surface area contributed by atoms with E-state index in [-0.39, 0.29) is 0 Å². The van der Waals surface area contributed by atoms with Crippen molar-refractivity contribution < 1.29 is 0 Å². The summed E-state index contributed by atoms with van der Waals surface area (Å²) in [5, 5.41) is 5.47. The molecule has 0 amide bonds. The molecule has 0 spiro atoms. The molecule has 9 heavy (non-hydrogen) atoms. The SMILES string of the molecule is [N-]=[N+]=Nc1nc(Br)cs1.